The molecule has 1 saturated heterocycles. The lowest BCUT2D eigenvalue weighted by molar-refractivity contribution is -0.139. The quantitative estimate of drug-likeness (QED) is 0.729. The zero-order chi connectivity index (χ0) is 10.7. The van der Waals surface area contributed by atoms with Crippen LogP contribution in [0, 0.1) is 0 Å². The van der Waals surface area contributed by atoms with Crippen LogP contribution in [0.3, 0.4) is 0 Å². The summed E-state index contributed by atoms with van der Waals surface area (Å²) in [6.45, 7) is 0.623. The first kappa shape index (κ1) is 10.2. The van der Waals surface area contributed by atoms with Crippen LogP contribution in [-0.4, -0.2) is 29.8 Å². The highest BCUT2D eigenvalue weighted by Crippen LogP contribution is 2.19. The standard InChI is InChI=1S/C11H15NO3/c13-11(14)10-6-9(7-12-10)15-8-4-2-1-3-5-8/h1-2,4,9-10,12H,3,5-7H2,(H,13,14)/t9-,10+/m1/s1. The van der Waals surface area contributed by atoms with Gasteiger partial charge in [0.05, 0.1) is 5.76 Å². The topological polar surface area (TPSA) is 58.6 Å². The van der Waals surface area contributed by atoms with E-state index >= 15 is 0 Å². The molecule has 4 heteroatoms. The molecule has 4 nitrogen and oxygen atoms in total. The predicted octanol–water partition coefficient (Wildman–Crippen LogP) is 1.05. The molecule has 82 valence electrons. The average Bonchev–Trinajstić information content (AvgIpc) is 2.68. The predicted molar refractivity (Wildman–Crippen MR) is 55.4 cm³/mol. The van der Waals surface area contributed by atoms with Crippen LogP contribution in [0.25, 0.3) is 0 Å². The van der Waals surface area contributed by atoms with Gasteiger partial charge in [0.25, 0.3) is 0 Å². The van der Waals surface area contributed by atoms with Gasteiger partial charge in [-0.3, -0.25) is 4.79 Å². The number of hydrogen-bond donors (Lipinski definition) is 2. The first-order valence-corrected chi connectivity index (χ1v) is 5.24. The van der Waals surface area contributed by atoms with Gasteiger partial charge in [0.1, 0.15) is 12.1 Å². The lowest BCUT2D eigenvalue weighted by Crippen LogP contribution is -2.29. The third-order valence-corrected chi connectivity index (χ3v) is 2.68. The lowest BCUT2D eigenvalue weighted by Gasteiger charge is -2.16. The van der Waals surface area contributed by atoms with E-state index in [1.54, 1.807) is 0 Å². The van der Waals surface area contributed by atoms with E-state index < -0.39 is 12.0 Å². The maximum absolute atomic E-state index is 10.7. The van der Waals surface area contributed by atoms with Crippen molar-refractivity contribution in [1.82, 2.24) is 5.32 Å². The summed E-state index contributed by atoms with van der Waals surface area (Å²) < 4.78 is 5.72. The Morgan fingerprint density at radius 3 is 3.07 bits per heavy atom. The molecule has 0 saturated carbocycles. The molecule has 1 aliphatic heterocycles. The highest BCUT2D eigenvalue weighted by atomic mass is 16.5. The van der Waals surface area contributed by atoms with Crippen LogP contribution < -0.4 is 5.32 Å². The van der Waals surface area contributed by atoms with Crippen LogP contribution in [-0.2, 0) is 9.53 Å². The summed E-state index contributed by atoms with van der Waals surface area (Å²) >= 11 is 0. The first-order chi connectivity index (χ1) is 7.25. The molecule has 0 aromatic rings. The molecule has 0 aromatic heterocycles. The second kappa shape index (κ2) is 4.49. The molecule has 2 aliphatic rings. The van der Waals surface area contributed by atoms with Crippen molar-refractivity contribution in [3.05, 3.63) is 24.0 Å². The van der Waals surface area contributed by atoms with Crippen LogP contribution in [0.5, 0.6) is 0 Å². The summed E-state index contributed by atoms with van der Waals surface area (Å²) in [6.07, 6.45) is 8.52. The van der Waals surface area contributed by atoms with E-state index in [1.165, 1.54) is 0 Å². The number of aliphatic carboxylic acids is 1. The van der Waals surface area contributed by atoms with E-state index in [2.05, 4.69) is 11.4 Å². The van der Waals surface area contributed by atoms with Crippen molar-refractivity contribution in [1.29, 1.82) is 0 Å². The number of ether oxygens (including phenoxy) is 1. The molecule has 2 N–H and O–H groups in total. The summed E-state index contributed by atoms with van der Waals surface area (Å²) in [5.41, 5.74) is 0. The van der Waals surface area contributed by atoms with E-state index in [9.17, 15) is 4.79 Å². The molecule has 0 aromatic carbocycles. The maximum atomic E-state index is 10.7. The van der Waals surface area contributed by atoms with Crippen molar-refractivity contribution in [3.63, 3.8) is 0 Å². The Labute approximate surface area is 88.6 Å². The second-order valence-corrected chi connectivity index (χ2v) is 3.87. The zero-order valence-corrected chi connectivity index (χ0v) is 8.48. The van der Waals surface area contributed by atoms with Crippen molar-refractivity contribution in [2.45, 2.75) is 31.4 Å². The summed E-state index contributed by atoms with van der Waals surface area (Å²) in [6, 6.07) is -0.449. The highest BCUT2D eigenvalue weighted by molar-refractivity contribution is 5.73. The number of carboxylic acids is 1. The molecule has 1 fully saturated rings. The van der Waals surface area contributed by atoms with Gasteiger partial charge in [-0.15, -0.1) is 0 Å². The van der Waals surface area contributed by atoms with Crippen molar-refractivity contribution in [2.24, 2.45) is 0 Å². The third-order valence-electron chi connectivity index (χ3n) is 2.68. The Morgan fingerprint density at radius 1 is 1.60 bits per heavy atom. The lowest BCUT2D eigenvalue weighted by atomic mass is 10.1. The minimum Gasteiger partial charge on any atom is -0.493 e. The fourth-order valence-corrected chi connectivity index (χ4v) is 1.87. The van der Waals surface area contributed by atoms with Crippen molar-refractivity contribution < 1.29 is 14.6 Å². The third kappa shape index (κ3) is 2.59. The van der Waals surface area contributed by atoms with E-state index in [-0.39, 0.29) is 6.10 Å². The number of hydrogen-bond acceptors (Lipinski definition) is 3. The molecule has 2 rings (SSSR count). The van der Waals surface area contributed by atoms with Gasteiger partial charge in [-0.25, -0.2) is 0 Å². The number of carboxylic acid groups (broad SMARTS) is 1. The minimum atomic E-state index is -0.793. The molecule has 15 heavy (non-hydrogen) atoms. The van der Waals surface area contributed by atoms with Crippen molar-refractivity contribution in [3.8, 4) is 0 Å². The smallest absolute Gasteiger partial charge is 0.320 e. The molecular formula is C11H15NO3. The van der Waals surface area contributed by atoms with Gasteiger partial charge in [0.15, 0.2) is 0 Å². The number of carbonyl (C=O) groups is 1. The summed E-state index contributed by atoms with van der Waals surface area (Å²) in [5, 5.41) is 11.7. The van der Waals surface area contributed by atoms with Crippen LogP contribution >= 0.6 is 0 Å². The van der Waals surface area contributed by atoms with Crippen LogP contribution in [0.1, 0.15) is 19.3 Å². The molecule has 0 unspecified atom stereocenters. The average molecular weight is 209 g/mol. The Hall–Kier alpha value is -1.29. The largest absolute Gasteiger partial charge is 0.493 e. The normalized spacial score (nSPS) is 30.0. The number of nitrogens with one attached hydrogen (secondary N) is 1. The van der Waals surface area contributed by atoms with E-state index in [0.29, 0.717) is 13.0 Å². The van der Waals surface area contributed by atoms with Gasteiger partial charge >= 0.3 is 5.97 Å². The summed E-state index contributed by atoms with van der Waals surface area (Å²) in [4.78, 5) is 10.7. The summed E-state index contributed by atoms with van der Waals surface area (Å²) in [5.74, 6) is 0.175. The van der Waals surface area contributed by atoms with Crippen LogP contribution in [0.4, 0.5) is 0 Å². The molecule has 0 amide bonds. The van der Waals surface area contributed by atoms with Gasteiger partial charge in [-0.1, -0.05) is 12.2 Å². The van der Waals surface area contributed by atoms with E-state index in [0.717, 1.165) is 18.6 Å². The Balaban J connectivity index is 1.84. The fraction of sp³-hybridized carbons (Fsp3) is 0.545. The van der Waals surface area contributed by atoms with Crippen LogP contribution in [0.2, 0.25) is 0 Å². The van der Waals surface area contributed by atoms with Gasteiger partial charge in [0.2, 0.25) is 0 Å². The Bertz CT molecular complexity index is 309. The summed E-state index contributed by atoms with van der Waals surface area (Å²) in [7, 11) is 0. The Kier molecular flexibility index (Phi) is 3.06. The second-order valence-electron chi connectivity index (χ2n) is 3.87. The maximum Gasteiger partial charge on any atom is 0.320 e. The first-order valence-electron chi connectivity index (χ1n) is 5.24. The molecule has 0 bridgehead atoms. The van der Waals surface area contributed by atoms with Crippen molar-refractivity contribution >= 4 is 5.97 Å². The molecular weight excluding hydrogens is 194 g/mol. The van der Waals surface area contributed by atoms with E-state index in [1.807, 2.05) is 12.2 Å². The monoisotopic (exact) mass is 209 g/mol. The molecule has 1 heterocycles. The van der Waals surface area contributed by atoms with Gasteiger partial charge in [-0.2, -0.15) is 0 Å². The Morgan fingerprint density at radius 2 is 2.47 bits per heavy atom. The SMILES string of the molecule is O=C(O)[C@@H]1C[C@@H](OC2=CC=CCC2)CN1. The fourth-order valence-electron chi connectivity index (χ4n) is 1.87. The zero-order valence-electron chi connectivity index (χ0n) is 8.48. The van der Waals surface area contributed by atoms with Gasteiger partial charge in [-0.05, 0) is 12.5 Å². The van der Waals surface area contributed by atoms with Crippen molar-refractivity contribution in [2.75, 3.05) is 6.54 Å². The molecule has 0 radical (unpaired) electrons. The van der Waals surface area contributed by atoms with E-state index in [4.69, 9.17) is 9.84 Å². The van der Waals surface area contributed by atoms with Gasteiger partial charge in [0, 0.05) is 19.4 Å². The number of allylic oxidation sites excluding steroid dienone is 4. The molecule has 2 atom stereocenters. The highest BCUT2D eigenvalue weighted by Gasteiger charge is 2.30. The van der Waals surface area contributed by atoms with Gasteiger partial charge < -0.3 is 15.2 Å². The minimum absolute atomic E-state index is 0.00356. The molecule has 0 spiro atoms. The molecule has 1 aliphatic carbocycles. The number of rotatable bonds is 3. The van der Waals surface area contributed by atoms with Crippen LogP contribution in [0.15, 0.2) is 24.0 Å².